The van der Waals surface area contributed by atoms with Crippen LogP contribution in [0.5, 0.6) is 0 Å². The van der Waals surface area contributed by atoms with Gasteiger partial charge in [-0.05, 0) is 43.0 Å². The van der Waals surface area contributed by atoms with Crippen LogP contribution in [0.4, 0.5) is 23.0 Å². The number of para-hydroxylation sites is 1. The van der Waals surface area contributed by atoms with Crippen LogP contribution in [0.2, 0.25) is 0 Å². The molecule has 1 aromatic heterocycles. The summed E-state index contributed by atoms with van der Waals surface area (Å²) in [5, 5.41) is 15.0. The van der Waals surface area contributed by atoms with Gasteiger partial charge in [-0.1, -0.05) is 30.3 Å². The summed E-state index contributed by atoms with van der Waals surface area (Å²) in [5.74, 6) is 1.38. The third kappa shape index (κ3) is 4.58. The molecule has 0 amide bonds. The van der Waals surface area contributed by atoms with Crippen LogP contribution in [0.25, 0.3) is 0 Å². The van der Waals surface area contributed by atoms with E-state index in [4.69, 9.17) is 15.8 Å². The minimum absolute atomic E-state index is 0.760. The van der Waals surface area contributed by atoms with Crippen molar-refractivity contribution >= 4 is 29.2 Å². The van der Waals surface area contributed by atoms with Crippen LogP contribution in [0.3, 0.4) is 0 Å². The second kappa shape index (κ2) is 9.48. The minimum atomic E-state index is -1.05. The van der Waals surface area contributed by atoms with Gasteiger partial charge in [0, 0.05) is 76.0 Å². The summed E-state index contributed by atoms with van der Waals surface area (Å²) in [4.78, 5) is 9.81. The summed E-state index contributed by atoms with van der Waals surface area (Å²) >= 11 is 0. The van der Waals surface area contributed by atoms with Crippen molar-refractivity contribution in [1.29, 1.82) is 0 Å². The van der Waals surface area contributed by atoms with Crippen LogP contribution in [0.15, 0.2) is 47.5 Å². The number of piperazine rings is 1. The molecule has 0 spiro atoms. The fraction of sp³-hybridized carbons (Fsp3) is 0.429. The van der Waals surface area contributed by atoms with Gasteiger partial charge in [0.25, 0.3) is 0 Å². The van der Waals surface area contributed by atoms with E-state index in [2.05, 4.69) is 82.1 Å². The molecule has 2 saturated heterocycles. The number of aromatic nitrogens is 2. The van der Waals surface area contributed by atoms with Crippen LogP contribution in [-0.2, 0) is 12.8 Å². The van der Waals surface area contributed by atoms with Gasteiger partial charge in [0.15, 0.2) is 5.82 Å². The van der Waals surface area contributed by atoms with Gasteiger partial charge < -0.3 is 20.9 Å². The molecule has 0 bridgehead atoms. The first-order chi connectivity index (χ1) is 17.9. The lowest BCUT2D eigenvalue weighted by atomic mass is 10.0. The molecule has 9 nitrogen and oxygen atoms in total. The molecule has 2 fully saturated rings. The number of benzene rings is 2. The Morgan fingerprint density at radius 2 is 1.73 bits per heavy atom. The number of anilines is 4. The zero-order valence-corrected chi connectivity index (χ0v) is 22.0. The number of hydrogen-bond donors (Lipinski definition) is 4. The van der Waals surface area contributed by atoms with E-state index in [-0.39, 0.29) is 0 Å². The third-order valence-electron chi connectivity index (χ3n) is 7.94. The summed E-state index contributed by atoms with van der Waals surface area (Å²) in [6, 6.07) is 14.8. The number of aliphatic imine (C=N–C) groups is 1. The molecule has 1 atom stereocenters. The van der Waals surface area contributed by atoms with E-state index in [1.807, 2.05) is 17.9 Å². The Morgan fingerprint density at radius 1 is 1.03 bits per heavy atom. The maximum Gasteiger partial charge on any atom is 0.210 e. The van der Waals surface area contributed by atoms with Crippen molar-refractivity contribution in [2.75, 3.05) is 61.3 Å². The lowest BCUT2D eigenvalue weighted by molar-refractivity contribution is 0.184. The van der Waals surface area contributed by atoms with Crippen molar-refractivity contribution in [3.63, 3.8) is 0 Å². The van der Waals surface area contributed by atoms with E-state index in [0.29, 0.717) is 0 Å². The Morgan fingerprint density at radius 3 is 2.38 bits per heavy atom. The number of hydrogen-bond acceptors (Lipinski definition) is 8. The summed E-state index contributed by atoms with van der Waals surface area (Å²) in [6.45, 7) is 12.1. The average molecular weight is 500 g/mol. The Hall–Kier alpha value is -3.40. The van der Waals surface area contributed by atoms with Crippen LogP contribution in [-0.4, -0.2) is 66.7 Å². The second-order valence-electron chi connectivity index (χ2n) is 10.6. The number of rotatable bonds is 6. The van der Waals surface area contributed by atoms with Gasteiger partial charge in [-0.25, -0.2) is 4.99 Å². The average Bonchev–Trinajstić information content (AvgIpc) is 3.18. The molecule has 194 valence electrons. The number of nitrogens with zero attached hydrogens (tertiary/aromatic N) is 5. The van der Waals surface area contributed by atoms with Crippen molar-refractivity contribution in [2.45, 2.75) is 19.6 Å². The molecule has 3 aliphatic heterocycles. The number of nitrogens with one attached hydrogen (secondary N) is 3. The standard InChI is InChI=1S/C28H37N9/c1-19-5-4-6-20(2)25(19)32-26-24-17-31-28(29,33-27(24)35(3)34-26)22-7-9-23(10-8-22)37-13-11-36(12-14-37)18-21-15-30-16-21/h4-10,17,21,30,33H,11-16,18,29H2,1-3H3,(H,32,34). The topological polar surface area (TPSA) is 98.8 Å². The van der Waals surface area contributed by atoms with Crippen LogP contribution in [0, 0.1) is 19.8 Å². The Labute approximate surface area is 218 Å². The predicted molar refractivity (Wildman–Crippen MR) is 151 cm³/mol. The molecule has 5 N–H and O–H groups in total. The molecule has 3 aromatic rings. The quantitative estimate of drug-likeness (QED) is 0.414. The largest absolute Gasteiger partial charge is 0.369 e. The van der Waals surface area contributed by atoms with Crippen LogP contribution < -0.4 is 26.6 Å². The smallest absolute Gasteiger partial charge is 0.210 e. The lowest BCUT2D eigenvalue weighted by Crippen LogP contribution is -2.53. The van der Waals surface area contributed by atoms with Gasteiger partial charge >= 0.3 is 0 Å². The summed E-state index contributed by atoms with van der Waals surface area (Å²) in [5.41, 5.74) is 13.3. The van der Waals surface area contributed by atoms with E-state index in [9.17, 15) is 0 Å². The monoisotopic (exact) mass is 499 g/mol. The lowest BCUT2D eigenvalue weighted by Gasteiger charge is -2.39. The number of aryl methyl sites for hydroxylation is 3. The van der Waals surface area contributed by atoms with E-state index in [1.54, 1.807) is 0 Å². The number of nitrogens with two attached hydrogens (primary N) is 1. The first kappa shape index (κ1) is 24.0. The van der Waals surface area contributed by atoms with E-state index >= 15 is 0 Å². The van der Waals surface area contributed by atoms with E-state index in [0.717, 1.165) is 60.5 Å². The van der Waals surface area contributed by atoms with Crippen molar-refractivity contribution in [1.82, 2.24) is 20.0 Å². The van der Waals surface area contributed by atoms with Gasteiger partial charge in [-0.3, -0.25) is 15.3 Å². The summed E-state index contributed by atoms with van der Waals surface area (Å²) < 4.78 is 1.82. The maximum atomic E-state index is 6.79. The van der Waals surface area contributed by atoms with E-state index in [1.165, 1.54) is 36.4 Å². The molecule has 1 unspecified atom stereocenters. The molecular formula is C28H37N9. The highest BCUT2D eigenvalue weighted by Crippen LogP contribution is 2.35. The molecular weight excluding hydrogens is 462 g/mol. The maximum absolute atomic E-state index is 6.79. The molecule has 6 rings (SSSR count). The first-order valence-corrected chi connectivity index (χ1v) is 13.2. The molecule has 2 aromatic carbocycles. The second-order valence-corrected chi connectivity index (χ2v) is 10.6. The van der Waals surface area contributed by atoms with Crippen molar-refractivity contribution in [3.05, 3.63) is 64.7 Å². The SMILES string of the molecule is Cc1cccc(C)c1Nc1nn(C)c2c1C=NC(N)(c1ccc(N3CCN(CC4CNC4)CC3)cc1)N2. The zero-order valence-electron chi connectivity index (χ0n) is 22.0. The first-order valence-electron chi connectivity index (χ1n) is 13.2. The highest BCUT2D eigenvalue weighted by molar-refractivity contribution is 5.96. The highest BCUT2D eigenvalue weighted by Gasteiger charge is 2.33. The van der Waals surface area contributed by atoms with E-state index < -0.39 is 5.79 Å². The third-order valence-corrected chi connectivity index (χ3v) is 7.94. The summed E-state index contributed by atoms with van der Waals surface area (Å²) in [6.07, 6.45) is 1.83. The molecule has 0 saturated carbocycles. The van der Waals surface area contributed by atoms with Crippen LogP contribution in [0.1, 0.15) is 22.3 Å². The molecule has 9 heteroatoms. The van der Waals surface area contributed by atoms with Crippen molar-refractivity contribution in [3.8, 4) is 0 Å². The minimum Gasteiger partial charge on any atom is -0.369 e. The molecule has 0 aliphatic carbocycles. The number of fused-ring (bicyclic) bond motifs is 1. The fourth-order valence-corrected chi connectivity index (χ4v) is 5.52. The molecule has 3 aliphatic rings. The van der Waals surface area contributed by atoms with Gasteiger partial charge in [0.1, 0.15) is 5.82 Å². The van der Waals surface area contributed by atoms with Crippen LogP contribution >= 0.6 is 0 Å². The molecule has 4 heterocycles. The summed E-state index contributed by atoms with van der Waals surface area (Å²) in [7, 11) is 1.92. The van der Waals surface area contributed by atoms with Gasteiger partial charge in [0.05, 0.1) is 5.56 Å². The Balaban J connectivity index is 1.15. The van der Waals surface area contributed by atoms with Gasteiger partial charge in [-0.15, -0.1) is 0 Å². The van der Waals surface area contributed by atoms with Gasteiger partial charge in [0.2, 0.25) is 5.79 Å². The zero-order chi connectivity index (χ0) is 25.6. The Bertz CT molecular complexity index is 1280. The molecule has 37 heavy (non-hydrogen) atoms. The normalized spacial score (nSPS) is 21.9. The predicted octanol–water partition coefficient (Wildman–Crippen LogP) is 2.74. The van der Waals surface area contributed by atoms with Crippen molar-refractivity contribution < 1.29 is 0 Å². The molecule has 0 radical (unpaired) electrons. The fourth-order valence-electron chi connectivity index (χ4n) is 5.52. The highest BCUT2D eigenvalue weighted by atomic mass is 15.4. The van der Waals surface area contributed by atoms with Crippen molar-refractivity contribution in [2.24, 2.45) is 23.7 Å². The Kier molecular flexibility index (Phi) is 6.14. The van der Waals surface area contributed by atoms with Gasteiger partial charge in [-0.2, -0.15) is 5.10 Å².